The van der Waals surface area contributed by atoms with Gasteiger partial charge in [0, 0.05) is 43.6 Å². The van der Waals surface area contributed by atoms with Crippen molar-refractivity contribution in [3.63, 3.8) is 0 Å². The third-order valence-electron chi connectivity index (χ3n) is 5.54. The van der Waals surface area contributed by atoms with E-state index in [-0.39, 0.29) is 5.91 Å². The Morgan fingerprint density at radius 2 is 1.74 bits per heavy atom. The molecule has 1 aromatic carbocycles. The molecule has 0 saturated carbocycles. The molecular weight excluding hydrogens is 336 g/mol. The zero-order chi connectivity index (χ0) is 19.0. The van der Waals surface area contributed by atoms with Gasteiger partial charge in [-0.3, -0.25) is 4.79 Å². The van der Waals surface area contributed by atoms with E-state index in [9.17, 15) is 4.79 Å². The topological polar surface area (TPSA) is 31.2 Å². The molecule has 2 aromatic heterocycles. The summed E-state index contributed by atoms with van der Waals surface area (Å²) in [4.78, 5) is 19.3. The van der Waals surface area contributed by atoms with Crippen molar-refractivity contribution in [1.29, 1.82) is 0 Å². The third-order valence-corrected chi connectivity index (χ3v) is 5.54. The minimum Gasteiger partial charge on any atom is -0.337 e. The maximum Gasteiger partial charge on any atom is 0.255 e. The van der Waals surface area contributed by atoms with Crippen LogP contribution in [0.4, 0.5) is 11.5 Å². The van der Waals surface area contributed by atoms with Crippen LogP contribution >= 0.6 is 0 Å². The molecule has 3 aromatic rings. The van der Waals surface area contributed by atoms with Crippen molar-refractivity contribution >= 4 is 22.9 Å². The Kier molecular flexibility index (Phi) is 4.62. The van der Waals surface area contributed by atoms with Crippen LogP contribution in [0.25, 0.3) is 5.52 Å². The lowest BCUT2D eigenvalue weighted by atomic mass is 10.2. The van der Waals surface area contributed by atoms with E-state index in [1.165, 1.54) is 0 Å². The van der Waals surface area contributed by atoms with E-state index in [4.69, 9.17) is 0 Å². The van der Waals surface area contributed by atoms with Crippen molar-refractivity contribution < 1.29 is 4.79 Å². The Morgan fingerprint density at radius 1 is 1.00 bits per heavy atom. The van der Waals surface area contributed by atoms with Crippen LogP contribution in [0.15, 0.2) is 60.8 Å². The predicted molar refractivity (Wildman–Crippen MR) is 110 cm³/mol. The number of rotatable bonds is 4. The van der Waals surface area contributed by atoms with Gasteiger partial charge in [-0.15, -0.1) is 0 Å². The van der Waals surface area contributed by atoms with Crippen molar-refractivity contribution in [2.24, 2.45) is 0 Å². The molecule has 1 aliphatic rings. The van der Waals surface area contributed by atoms with Gasteiger partial charge < -0.3 is 19.1 Å². The SMILES string of the molecule is CN(c1ccccc1)c1ccc2ccc(C(=O)N3CCC(N(C)C)C3)cn12. The van der Waals surface area contributed by atoms with E-state index in [0.29, 0.717) is 6.04 Å². The Balaban J connectivity index is 1.63. The summed E-state index contributed by atoms with van der Waals surface area (Å²) in [6, 6.07) is 18.8. The summed E-state index contributed by atoms with van der Waals surface area (Å²) in [6.45, 7) is 1.62. The second-order valence-electron chi connectivity index (χ2n) is 7.46. The highest BCUT2D eigenvalue weighted by molar-refractivity contribution is 5.94. The molecule has 27 heavy (non-hydrogen) atoms. The molecular formula is C22H26N4O. The molecule has 1 saturated heterocycles. The van der Waals surface area contributed by atoms with Crippen LogP contribution in [0.2, 0.25) is 0 Å². The summed E-state index contributed by atoms with van der Waals surface area (Å²) in [7, 11) is 6.21. The van der Waals surface area contributed by atoms with E-state index in [0.717, 1.165) is 42.1 Å². The van der Waals surface area contributed by atoms with Crippen molar-refractivity contribution in [2.75, 3.05) is 39.1 Å². The molecule has 1 aliphatic heterocycles. The summed E-state index contributed by atoms with van der Waals surface area (Å²) in [5.74, 6) is 1.15. The second kappa shape index (κ2) is 7.08. The molecule has 1 atom stereocenters. The number of hydrogen-bond donors (Lipinski definition) is 0. The Hall–Kier alpha value is -2.79. The Labute approximate surface area is 160 Å². The molecule has 1 amide bonds. The standard InChI is InChI=1S/C22H26N4O/c1-23(2)20-13-14-25(16-20)22(27)17-9-10-19-11-12-21(26(19)15-17)24(3)18-7-5-4-6-8-18/h4-12,15,20H,13-14,16H2,1-3H3. The summed E-state index contributed by atoms with van der Waals surface area (Å²) in [5.41, 5.74) is 2.93. The number of anilines is 2. The summed E-state index contributed by atoms with van der Waals surface area (Å²) in [5, 5.41) is 0. The van der Waals surface area contributed by atoms with Crippen LogP contribution in [0.1, 0.15) is 16.8 Å². The van der Waals surface area contributed by atoms with Crippen LogP contribution < -0.4 is 4.90 Å². The van der Waals surface area contributed by atoms with Crippen molar-refractivity contribution in [1.82, 2.24) is 14.2 Å². The molecule has 140 valence electrons. The zero-order valence-corrected chi connectivity index (χ0v) is 16.2. The number of pyridine rings is 1. The first-order valence-electron chi connectivity index (χ1n) is 9.40. The highest BCUT2D eigenvalue weighted by atomic mass is 16.2. The van der Waals surface area contributed by atoms with Crippen LogP contribution in [0.3, 0.4) is 0 Å². The summed E-state index contributed by atoms with van der Waals surface area (Å²) >= 11 is 0. The lowest BCUT2D eigenvalue weighted by molar-refractivity contribution is 0.0782. The maximum absolute atomic E-state index is 13.0. The first kappa shape index (κ1) is 17.6. The van der Waals surface area contributed by atoms with Crippen LogP contribution in [0, 0.1) is 0 Å². The maximum atomic E-state index is 13.0. The van der Waals surface area contributed by atoms with Gasteiger partial charge >= 0.3 is 0 Å². The molecule has 1 fully saturated rings. The highest BCUT2D eigenvalue weighted by Gasteiger charge is 2.28. The van der Waals surface area contributed by atoms with Crippen LogP contribution in [-0.4, -0.2) is 60.4 Å². The fraction of sp³-hybridized carbons (Fsp3) is 0.318. The van der Waals surface area contributed by atoms with E-state index >= 15 is 0 Å². The van der Waals surface area contributed by atoms with Gasteiger partial charge in [-0.05, 0) is 56.9 Å². The summed E-state index contributed by atoms with van der Waals surface area (Å²) < 4.78 is 2.10. The lowest BCUT2D eigenvalue weighted by Gasteiger charge is -2.21. The van der Waals surface area contributed by atoms with Gasteiger partial charge in [0.25, 0.3) is 5.91 Å². The molecule has 0 bridgehead atoms. The van der Waals surface area contributed by atoms with Crippen LogP contribution in [-0.2, 0) is 0 Å². The Bertz CT molecular complexity index is 947. The number of carbonyl (C=O) groups excluding carboxylic acids is 1. The molecule has 4 rings (SSSR count). The van der Waals surface area contributed by atoms with Gasteiger partial charge in [-0.25, -0.2) is 0 Å². The van der Waals surface area contributed by atoms with Crippen LogP contribution in [0.5, 0.6) is 0 Å². The smallest absolute Gasteiger partial charge is 0.255 e. The van der Waals surface area contributed by atoms with Gasteiger partial charge in [0.15, 0.2) is 0 Å². The normalized spacial score (nSPS) is 17.0. The third kappa shape index (κ3) is 3.30. The summed E-state index contributed by atoms with van der Waals surface area (Å²) in [6.07, 6.45) is 3.00. The largest absolute Gasteiger partial charge is 0.337 e. The average molecular weight is 362 g/mol. The Morgan fingerprint density at radius 3 is 2.44 bits per heavy atom. The number of carbonyl (C=O) groups is 1. The molecule has 0 spiro atoms. The molecule has 0 N–H and O–H groups in total. The van der Waals surface area contributed by atoms with Gasteiger partial charge in [-0.1, -0.05) is 18.2 Å². The van der Waals surface area contributed by atoms with Crippen molar-refractivity contribution in [3.05, 3.63) is 66.4 Å². The fourth-order valence-corrected chi connectivity index (χ4v) is 3.80. The van der Waals surface area contributed by atoms with Gasteiger partial charge in [0.1, 0.15) is 5.82 Å². The number of nitrogens with zero attached hydrogens (tertiary/aromatic N) is 4. The van der Waals surface area contributed by atoms with Crippen molar-refractivity contribution in [2.45, 2.75) is 12.5 Å². The van der Waals surface area contributed by atoms with E-state index in [1.54, 1.807) is 0 Å². The molecule has 3 heterocycles. The minimum atomic E-state index is 0.114. The molecule has 0 aliphatic carbocycles. The van der Waals surface area contributed by atoms with E-state index in [2.05, 4.69) is 52.6 Å². The predicted octanol–water partition coefficient (Wildman–Crippen LogP) is 3.48. The average Bonchev–Trinajstić information content (AvgIpc) is 3.34. The van der Waals surface area contributed by atoms with Gasteiger partial charge in [-0.2, -0.15) is 0 Å². The van der Waals surface area contributed by atoms with E-state index < -0.39 is 0 Å². The van der Waals surface area contributed by atoms with Gasteiger partial charge in [0.2, 0.25) is 0 Å². The number of likely N-dealkylation sites (N-methyl/N-ethyl adjacent to an activating group) is 1. The highest BCUT2D eigenvalue weighted by Crippen LogP contribution is 2.26. The quantitative estimate of drug-likeness (QED) is 0.712. The minimum absolute atomic E-state index is 0.114. The zero-order valence-electron chi connectivity index (χ0n) is 16.2. The fourth-order valence-electron chi connectivity index (χ4n) is 3.80. The monoisotopic (exact) mass is 362 g/mol. The first-order valence-corrected chi connectivity index (χ1v) is 9.40. The number of likely N-dealkylation sites (tertiary alicyclic amines) is 1. The molecule has 0 radical (unpaired) electrons. The molecule has 5 heteroatoms. The number of fused-ring (bicyclic) bond motifs is 1. The number of hydrogen-bond acceptors (Lipinski definition) is 3. The number of amides is 1. The second-order valence-corrected chi connectivity index (χ2v) is 7.46. The van der Waals surface area contributed by atoms with E-state index in [1.807, 2.05) is 48.5 Å². The lowest BCUT2D eigenvalue weighted by Crippen LogP contribution is -2.34. The first-order chi connectivity index (χ1) is 13.0. The molecule has 5 nitrogen and oxygen atoms in total. The number of aromatic nitrogens is 1. The number of benzene rings is 1. The van der Waals surface area contributed by atoms with Gasteiger partial charge in [0.05, 0.1) is 5.56 Å². The molecule has 1 unspecified atom stereocenters. The number of para-hydroxylation sites is 1. The van der Waals surface area contributed by atoms with Crippen molar-refractivity contribution in [3.8, 4) is 0 Å².